The van der Waals surface area contributed by atoms with Gasteiger partial charge in [-0.2, -0.15) is 0 Å². The van der Waals surface area contributed by atoms with Gasteiger partial charge in [0.05, 0.1) is 10.6 Å². The molecule has 0 fully saturated rings. The number of thioether (sulfide) groups is 1. The summed E-state index contributed by atoms with van der Waals surface area (Å²) in [6, 6.07) is 5.94. The molecule has 0 amide bonds. The molecule has 0 aromatic carbocycles. The van der Waals surface area contributed by atoms with Crippen molar-refractivity contribution in [2.75, 3.05) is 0 Å². The minimum atomic E-state index is 0.684. The van der Waals surface area contributed by atoms with Crippen LogP contribution in [0.15, 0.2) is 33.3 Å². The topological polar surface area (TPSA) is 69.6 Å². The Hall–Kier alpha value is -1.67. The average molecular weight is 279 g/mol. The number of nitrogens with zero attached hydrogens (tertiary/aromatic N) is 5. The van der Waals surface area contributed by atoms with E-state index in [0.717, 1.165) is 21.5 Å². The van der Waals surface area contributed by atoms with E-state index in [-0.39, 0.29) is 0 Å². The number of hydrogen-bond donors (Lipinski definition) is 0. The highest BCUT2D eigenvalue weighted by Gasteiger charge is 2.09. The first-order valence-electron chi connectivity index (χ1n) is 5.17. The van der Waals surface area contributed by atoms with Gasteiger partial charge in [0.1, 0.15) is 0 Å². The number of rotatable bonds is 4. The van der Waals surface area contributed by atoms with Crippen molar-refractivity contribution >= 4 is 23.1 Å². The summed E-state index contributed by atoms with van der Waals surface area (Å²) < 4.78 is 6.93. The van der Waals surface area contributed by atoms with Crippen LogP contribution in [0.2, 0.25) is 0 Å². The fourth-order valence-corrected chi connectivity index (χ4v) is 2.80. The maximum atomic E-state index is 5.30. The molecule has 0 radical (unpaired) electrons. The number of hydrogen-bond acceptors (Lipinski definition) is 7. The Morgan fingerprint density at radius 3 is 3.17 bits per heavy atom. The molecule has 0 bridgehead atoms. The maximum absolute atomic E-state index is 5.30. The molecule has 0 saturated heterocycles. The molecule has 0 aliphatic rings. The monoisotopic (exact) mass is 279 g/mol. The van der Waals surface area contributed by atoms with Gasteiger partial charge in [-0.25, -0.2) is 4.68 Å². The van der Waals surface area contributed by atoms with Gasteiger partial charge < -0.3 is 4.52 Å². The molecule has 3 heterocycles. The smallest absolute Gasteiger partial charge is 0.209 e. The summed E-state index contributed by atoms with van der Waals surface area (Å²) in [7, 11) is 1.81. The molecule has 3 aromatic rings. The van der Waals surface area contributed by atoms with Crippen LogP contribution in [0.3, 0.4) is 0 Å². The Morgan fingerprint density at radius 2 is 2.44 bits per heavy atom. The van der Waals surface area contributed by atoms with E-state index in [4.69, 9.17) is 4.52 Å². The predicted octanol–water partition coefficient (Wildman–Crippen LogP) is 2.22. The van der Waals surface area contributed by atoms with E-state index in [9.17, 15) is 0 Å². The van der Waals surface area contributed by atoms with Crippen LogP contribution in [0.1, 0.15) is 5.69 Å². The molecule has 0 spiro atoms. The maximum Gasteiger partial charge on any atom is 0.209 e. The van der Waals surface area contributed by atoms with Gasteiger partial charge in [-0.3, -0.25) is 0 Å². The van der Waals surface area contributed by atoms with Gasteiger partial charge in [0.25, 0.3) is 0 Å². The Bertz CT molecular complexity index is 630. The zero-order valence-electron chi connectivity index (χ0n) is 9.48. The highest BCUT2D eigenvalue weighted by molar-refractivity contribution is 7.98. The van der Waals surface area contributed by atoms with Crippen molar-refractivity contribution in [3.63, 3.8) is 0 Å². The summed E-state index contributed by atoms with van der Waals surface area (Å²) >= 11 is 3.16. The number of aryl methyl sites for hydroxylation is 1. The van der Waals surface area contributed by atoms with Crippen LogP contribution in [-0.2, 0) is 12.8 Å². The lowest BCUT2D eigenvalue weighted by Gasteiger charge is -1.94. The summed E-state index contributed by atoms with van der Waals surface area (Å²) in [5.41, 5.74) is 0.881. The van der Waals surface area contributed by atoms with Gasteiger partial charge >= 0.3 is 0 Å². The molecule has 3 aromatic heterocycles. The van der Waals surface area contributed by atoms with Crippen molar-refractivity contribution in [2.45, 2.75) is 10.9 Å². The Labute approximate surface area is 111 Å². The van der Waals surface area contributed by atoms with E-state index >= 15 is 0 Å². The lowest BCUT2D eigenvalue weighted by atomic mass is 10.3. The van der Waals surface area contributed by atoms with Crippen molar-refractivity contribution in [3.05, 3.63) is 29.3 Å². The quantitative estimate of drug-likeness (QED) is 0.682. The highest BCUT2D eigenvalue weighted by atomic mass is 32.2. The molecule has 0 atom stereocenters. The Balaban J connectivity index is 1.69. The first kappa shape index (κ1) is 11.4. The molecule has 0 N–H and O–H groups in total. The van der Waals surface area contributed by atoms with Crippen molar-refractivity contribution in [3.8, 4) is 10.6 Å². The molecule has 92 valence electrons. The standard InChI is InChI=1S/C10H9N5OS2/c1-15-10(11-13-14-15)18-6-7-5-8(16-12-7)9-3-2-4-17-9/h2-5H,6H2,1H3. The minimum Gasteiger partial charge on any atom is -0.355 e. The molecule has 3 rings (SSSR count). The summed E-state index contributed by atoms with van der Waals surface area (Å²) in [6.07, 6.45) is 0. The van der Waals surface area contributed by atoms with Crippen LogP contribution >= 0.6 is 23.1 Å². The molecule has 0 aliphatic heterocycles. The Kier molecular flexibility index (Phi) is 3.11. The van der Waals surface area contributed by atoms with Crippen molar-refractivity contribution in [2.24, 2.45) is 7.05 Å². The molecule has 0 aliphatic carbocycles. The van der Waals surface area contributed by atoms with Crippen LogP contribution < -0.4 is 0 Å². The summed E-state index contributed by atoms with van der Waals surface area (Å²) in [6.45, 7) is 0. The molecular formula is C10H9N5OS2. The van der Waals surface area contributed by atoms with Crippen LogP contribution in [0.4, 0.5) is 0 Å². The third kappa shape index (κ3) is 2.29. The predicted molar refractivity (Wildman–Crippen MR) is 68.2 cm³/mol. The van der Waals surface area contributed by atoms with Crippen molar-refractivity contribution < 1.29 is 4.52 Å². The second-order valence-electron chi connectivity index (χ2n) is 3.53. The van der Waals surface area contributed by atoms with E-state index in [1.165, 1.54) is 11.8 Å². The first-order valence-corrected chi connectivity index (χ1v) is 7.04. The van der Waals surface area contributed by atoms with Gasteiger partial charge in [-0.05, 0) is 21.9 Å². The molecule has 8 heteroatoms. The normalized spacial score (nSPS) is 10.9. The Morgan fingerprint density at radius 1 is 1.50 bits per heavy atom. The van der Waals surface area contributed by atoms with E-state index in [1.54, 1.807) is 16.0 Å². The van der Waals surface area contributed by atoms with Gasteiger partial charge in [0, 0.05) is 18.9 Å². The lowest BCUT2D eigenvalue weighted by molar-refractivity contribution is 0.427. The van der Waals surface area contributed by atoms with Crippen molar-refractivity contribution in [1.82, 2.24) is 25.4 Å². The fraction of sp³-hybridized carbons (Fsp3) is 0.200. The van der Waals surface area contributed by atoms with Gasteiger partial charge in [-0.1, -0.05) is 23.0 Å². The van der Waals surface area contributed by atoms with E-state index in [1.807, 2.05) is 30.6 Å². The summed E-state index contributed by atoms with van der Waals surface area (Å²) in [5.74, 6) is 1.49. The minimum absolute atomic E-state index is 0.684. The largest absolute Gasteiger partial charge is 0.355 e. The second-order valence-corrected chi connectivity index (χ2v) is 5.42. The van der Waals surface area contributed by atoms with E-state index in [0.29, 0.717) is 5.75 Å². The van der Waals surface area contributed by atoms with E-state index < -0.39 is 0 Å². The van der Waals surface area contributed by atoms with Crippen LogP contribution in [0, 0.1) is 0 Å². The SMILES string of the molecule is Cn1nnnc1SCc1cc(-c2cccs2)on1. The van der Waals surface area contributed by atoms with Crippen LogP contribution in [0.25, 0.3) is 10.6 Å². The number of thiophene rings is 1. The van der Waals surface area contributed by atoms with E-state index in [2.05, 4.69) is 20.7 Å². The highest BCUT2D eigenvalue weighted by Crippen LogP contribution is 2.27. The molecule has 0 unspecified atom stereocenters. The molecule has 6 nitrogen and oxygen atoms in total. The lowest BCUT2D eigenvalue weighted by Crippen LogP contribution is -1.93. The van der Waals surface area contributed by atoms with Crippen LogP contribution in [0.5, 0.6) is 0 Å². The van der Waals surface area contributed by atoms with Gasteiger partial charge in [-0.15, -0.1) is 16.4 Å². The zero-order valence-corrected chi connectivity index (χ0v) is 11.1. The van der Waals surface area contributed by atoms with Gasteiger partial charge in [0.15, 0.2) is 5.76 Å². The third-order valence-corrected chi connectivity index (χ3v) is 4.18. The second kappa shape index (κ2) is 4.91. The fourth-order valence-electron chi connectivity index (χ4n) is 1.40. The van der Waals surface area contributed by atoms with Gasteiger partial charge in [0.2, 0.25) is 5.16 Å². The molecule has 0 saturated carbocycles. The molecular weight excluding hydrogens is 270 g/mol. The third-order valence-electron chi connectivity index (χ3n) is 2.25. The van der Waals surface area contributed by atoms with Crippen LogP contribution in [-0.4, -0.2) is 25.4 Å². The zero-order chi connectivity index (χ0) is 12.4. The summed E-state index contributed by atoms with van der Waals surface area (Å²) in [5, 5.41) is 18.0. The summed E-state index contributed by atoms with van der Waals surface area (Å²) in [4.78, 5) is 1.08. The number of tetrazole rings is 1. The average Bonchev–Trinajstić information content (AvgIpc) is 3.08. The molecule has 18 heavy (non-hydrogen) atoms. The number of aromatic nitrogens is 5. The first-order chi connectivity index (χ1) is 8.83. The van der Waals surface area contributed by atoms with Crippen molar-refractivity contribution in [1.29, 1.82) is 0 Å².